The van der Waals surface area contributed by atoms with Crippen LogP contribution in [0.15, 0.2) is 12.2 Å². The minimum Gasteiger partial charge on any atom is -0.393 e. The third kappa shape index (κ3) is 2.33. The lowest BCUT2D eigenvalue weighted by atomic mass is 9.84. The molecule has 0 aromatic heterocycles. The number of aliphatic hydroxyl groups excluding tert-OH is 1. The maximum Gasteiger partial charge on any atom is 0.0594 e. The van der Waals surface area contributed by atoms with Crippen molar-refractivity contribution < 1.29 is 5.11 Å². The highest BCUT2D eigenvalue weighted by atomic mass is 16.3. The Hall–Kier alpha value is -0.300. The van der Waals surface area contributed by atoms with Crippen LogP contribution < -0.4 is 0 Å². The van der Waals surface area contributed by atoms with E-state index in [2.05, 4.69) is 26.0 Å². The normalized spacial score (nSPS) is 27.5. The van der Waals surface area contributed by atoms with Gasteiger partial charge in [-0.15, -0.1) is 0 Å². The van der Waals surface area contributed by atoms with Gasteiger partial charge in [-0.25, -0.2) is 0 Å². The van der Waals surface area contributed by atoms with Crippen molar-refractivity contribution in [1.82, 2.24) is 0 Å². The zero-order valence-electron chi connectivity index (χ0n) is 7.46. The third-order valence-corrected chi connectivity index (χ3v) is 2.48. The summed E-state index contributed by atoms with van der Waals surface area (Å²) in [7, 11) is 0. The molecule has 0 aromatic rings. The molecule has 0 bridgehead atoms. The van der Waals surface area contributed by atoms with E-state index < -0.39 is 0 Å². The van der Waals surface area contributed by atoms with Crippen molar-refractivity contribution in [2.24, 2.45) is 11.8 Å². The summed E-state index contributed by atoms with van der Waals surface area (Å²) < 4.78 is 0. The van der Waals surface area contributed by atoms with Crippen molar-refractivity contribution in [3.63, 3.8) is 0 Å². The first-order chi connectivity index (χ1) is 5.22. The van der Waals surface area contributed by atoms with Crippen LogP contribution in [0.4, 0.5) is 0 Å². The summed E-state index contributed by atoms with van der Waals surface area (Å²) in [5.74, 6) is 0.923. The Kier molecular flexibility index (Phi) is 3.13. The summed E-state index contributed by atoms with van der Waals surface area (Å²) in [6.07, 6.45) is 7.69. The molecule has 0 saturated carbocycles. The summed E-state index contributed by atoms with van der Waals surface area (Å²) in [4.78, 5) is 0. The fourth-order valence-electron chi connectivity index (χ4n) is 1.67. The van der Waals surface area contributed by atoms with Gasteiger partial charge in [-0.2, -0.15) is 0 Å². The molecule has 11 heavy (non-hydrogen) atoms. The average molecular weight is 154 g/mol. The predicted molar refractivity (Wildman–Crippen MR) is 47.3 cm³/mol. The molecule has 0 heterocycles. The lowest BCUT2D eigenvalue weighted by Crippen LogP contribution is -2.26. The molecule has 0 saturated heterocycles. The maximum atomic E-state index is 9.72. The highest BCUT2D eigenvalue weighted by Gasteiger charge is 2.21. The van der Waals surface area contributed by atoms with Gasteiger partial charge in [0, 0.05) is 0 Å². The van der Waals surface area contributed by atoms with Crippen LogP contribution in [0.1, 0.15) is 33.1 Å². The molecule has 0 amide bonds. The highest BCUT2D eigenvalue weighted by Crippen LogP contribution is 2.25. The monoisotopic (exact) mass is 154 g/mol. The molecule has 0 aliphatic heterocycles. The standard InChI is InChI=1S/C10H18O/c1-8(2)10(11)9-6-4-3-5-7-9/h3-4,8-11H,5-7H2,1-2H3/t9-,10+/m0/s1. The molecule has 1 heteroatoms. The molecular weight excluding hydrogens is 136 g/mol. The number of hydrogen-bond donors (Lipinski definition) is 1. The Morgan fingerprint density at radius 1 is 1.36 bits per heavy atom. The third-order valence-electron chi connectivity index (χ3n) is 2.48. The second-order valence-corrected chi connectivity index (χ2v) is 3.78. The number of rotatable bonds is 2. The molecule has 64 valence electrons. The van der Waals surface area contributed by atoms with Gasteiger partial charge >= 0.3 is 0 Å². The second kappa shape index (κ2) is 3.91. The van der Waals surface area contributed by atoms with Gasteiger partial charge in [0.2, 0.25) is 0 Å². The minimum atomic E-state index is -0.0973. The molecule has 0 fully saturated rings. The van der Waals surface area contributed by atoms with Crippen LogP contribution in [-0.4, -0.2) is 11.2 Å². The highest BCUT2D eigenvalue weighted by molar-refractivity contribution is 4.92. The molecule has 1 N–H and O–H groups in total. The molecule has 1 nitrogen and oxygen atoms in total. The fraction of sp³-hybridized carbons (Fsp3) is 0.800. The summed E-state index contributed by atoms with van der Waals surface area (Å²) in [5.41, 5.74) is 0. The van der Waals surface area contributed by atoms with E-state index in [0.717, 1.165) is 19.3 Å². The Labute approximate surface area is 69.1 Å². The Morgan fingerprint density at radius 3 is 2.55 bits per heavy atom. The molecule has 1 aliphatic carbocycles. The average Bonchev–Trinajstić information content (AvgIpc) is 2.05. The molecule has 2 atom stereocenters. The predicted octanol–water partition coefficient (Wildman–Crippen LogP) is 2.36. The summed E-state index contributed by atoms with van der Waals surface area (Å²) in [6, 6.07) is 0. The van der Waals surface area contributed by atoms with E-state index >= 15 is 0 Å². The summed E-state index contributed by atoms with van der Waals surface area (Å²) >= 11 is 0. The van der Waals surface area contributed by atoms with E-state index in [-0.39, 0.29) is 6.10 Å². The van der Waals surface area contributed by atoms with E-state index in [1.807, 2.05) is 0 Å². The molecule has 1 rings (SSSR count). The van der Waals surface area contributed by atoms with Gasteiger partial charge < -0.3 is 5.11 Å². The van der Waals surface area contributed by atoms with Crippen molar-refractivity contribution in [2.45, 2.75) is 39.2 Å². The van der Waals surface area contributed by atoms with Crippen molar-refractivity contribution in [1.29, 1.82) is 0 Å². The van der Waals surface area contributed by atoms with Crippen molar-refractivity contribution in [2.75, 3.05) is 0 Å². The Morgan fingerprint density at radius 2 is 2.09 bits per heavy atom. The van der Waals surface area contributed by atoms with E-state index in [9.17, 15) is 5.11 Å². The van der Waals surface area contributed by atoms with Crippen molar-refractivity contribution >= 4 is 0 Å². The van der Waals surface area contributed by atoms with Crippen molar-refractivity contribution in [3.05, 3.63) is 12.2 Å². The zero-order valence-corrected chi connectivity index (χ0v) is 7.46. The van der Waals surface area contributed by atoms with Crippen LogP contribution in [-0.2, 0) is 0 Å². The van der Waals surface area contributed by atoms with E-state index in [0.29, 0.717) is 11.8 Å². The fourth-order valence-corrected chi connectivity index (χ4v) is 1.67. The van der Waals surface area contributed by atoms with Crippen LogP contribution in [0.2, 0.25) is 0 Å². The lowest BCUT2D eigenvalue weighted by molar-refractivity contribution is 0.0601. The van der Waals surface area contributed by atoms with Crippen LogP contribution >= 0.6 is 0 Å². The Balaban J connectivity index is 2.40. The van der Waals surface area contributed by atoms with E-state index in [1.54, 1.807) is 0 Å². The lowest BCUT2D eigenvalue weighted by Gasteiger charge is -2.26. The first-order valence-corrected chi connectivity index (χ1v) is 4.55. The minimum absolute atomic E-state index is 0.0973. The molecule has 0 aromatic carbocycles. The van der Waals surface area contributed by atoms with Gasteiger partial charge in [-0.3, -0.25) is 0 Å². The first-order valence-electron chi connectivity index (χ1n) is 4.55. The quantitative estimate of drug-likeness (QED) is 0.605. The summed E-state index contributed by atoms with van der Waals surface area (Å²) in [6.45, 7) is 4.17. The molecule has 0 radical (unpaired) electrons. The van der Waals surface area contributed by atoms with E-state index in [1.165, 1.54) is 0 Å². The molecule has 0 unspecified atom stereocenters. The number of aliphatic hydroxyl groups is 1. The van der Waals surface area contributed by atoms with Gasteiger partial charge in [0.25, 0.3) is 0 Å². The van der Waals surface area contributed by atoms with Crippen LogP contribution in [0.5, 0.6) is 0 Å². The smallest absolute Gasteiger partial charge is 0.0594 e. The molecule has 1 aliphatic rings. The first kappa shape index (κ1) is 8.79. The number of hydrogen-bond acceptors (Lipinski definition) is 1. The Bertz CT molecular complexity index is 138. The van der Waals surface area contributed by atoms with Gasteiger partial charge in [0.05, 0.1) is 6.10 Å². The van der Waals surface area contributed by atoms with Gasteiger partial charge in [0.15, 0.2) is 0 Å². The SMILES string of the molecule is CC(C)[C@@H](O)[C@H]1CC=CCC1. The van der Waals surface area contributed by atoms with Crippen LogP contribution in [0.3, 0.4) is 0 Å². The van der Waals surface area contributed by atoms with Crippen molar-refractivity contribution in [3.8, 4) is 0 Å². The van der Waals surface area contributed by atoms with Gasteiger partial charge in [0.1, 0.15) is 0 Å². The largest absolute Gasteiger partial charge is 0.393 e. The summed E-state index contributed by atoms with van der Waals surface area (Å²) in [5, 5.41) is 9.72. The van der Waals surface area contributed by atoms with Crippen LogP contribution in [0.25, 0.3) is 0 Å². The van der Waals surface area contributed by atoms with Gasteiger partial charge in [-0.05, 0) is 31.1 Å². The van der Waals surface area contributed by atoms with Crippen LogP contribution in [0, 0.1) is 11.8 Å². The van der Waals surface area contributed by atoms with E-state index in [4.69, 9.17) is 0 Å². The molecule has 0 spiro atoms. The number of allylic oxidation sites excluding steroid dienone is 2. The maximum absolute atomic E-state index is 9.72. The topological polar surface area (TPSA) is 20.2 Å². The van der Waals surface area contributed by atoms with Gasteiger partial charge in [-0.1, -0.05) is 26.0 Å². The second-order valence-electron chi connectivity index (χ2n) is 3.78. The molecular formula is C10H18O. The zero-order chi connectivity index (χ0) is 8.27.